The zero-order valence-corrected chi connectivity index (χ0v) is 14.8. The van der Waals surface area contributed by atoms with E-state index in [0.29, 0.717) is 28.3 Å². The quantitative estimate of drug-likeness (QED) is 0.722. The third kappa shape index (κ3) is 5.70. The SMILES string of the molecule is CCOC(=O)Cc1csc(NC(=O)Cc2csc(NC(C)=O)n2)n1. The van der Waals surface area contributed by atoms with Crippen molar-refractivity contribution in [3.8, 4) is 0 Å². The van der Waals surface area contributed by atoms with Gasteiger partial charge in [-0.25, -0.2) is 9.97 Å². The highest BCUT2D eigenvalue weighted by molar-refractivity contribution is 7.14. The average molecular weight is 368 g/mol. The summed E-state index contributed by atoms with van der Waals surface area (Å²) in [6.07, 6.45) is 0.148. The summed E-state index contributed by atoms with van der Waals surface area (Å²) in [5, 5.41) is 9.50. The first-order valence-corrected chi connectivity index (χ1v) is 8.84. The second-order valence-electron chi connectivity index (χ2n) is 4.68. The van der Waals surface area contributed by atoms with Crippen LogP contribution in [0, 0.1) is 0 Å². The molecule has 0 bridgehead atoms. The van der Waals surface area contributed by atoms with Gasteiger partial charge in [0.05, 0.1) is 30.8 Å². The maximum absolute atomic E-state index is 12.0. The molecule has 2 N–H and O–H groups in total. The van der Waals surface area contributed by atoms with Gasteiger partial charge in [-0.3, -0.25) is 14.4 Å². The summed E-state index contributed by atoms with van der Waals surface area (Å²) in [6, 6.07) is 0. The van der Waals surface area contributed by atoms with E-state index in [0.717, 1.165) is 0 Å². The first kappa shape index (κ1) is 18.0. The maximum atomic E-state index is 12.0. The summed E-state index contributed by atoms with van der Waals surface area (Å²) in [6.45, 7) is 3.45. The lowest BCUT2D eigenvalue weighted by Gasteiger charge is -2.00. The van der Waals surface area contributed by atoms with Crippen molar-refractivity contribution in [1.82, 2.24) is 9.97 Å². The Hall–Kier alpha value is -2.33. The monoisotopic (exact) mass is 368 g/mol. The minimum Gasteiger partial charge on any atom is -0.466 e. The number of nitrogens with one attached hydrogen (secondary N) is 2. The Balaban J connectivity index is 1.86. The Morgan fingerprint density at radius 2 is 1.62 bits per heavy atom. The zero-order chi connectivity index (χ0) is 17.5. The predicted octanol–water partition coefficient (Wildman–Crippen LogP) is 1.84. The summed E-state index contributed by atoms with van der Waals surface area (Å²) in [4.78, 5) is 42.6. The molecule has 24 heavy (non-hydrogen) atoms. The van der Waals surface area contributed by atoms with E-state index in [1.165, 1.54) is 29.6 Å². The topological polar surface area (TPSA) is 110 Å². The first-order chi connectivity index (χ1) is 11.5. The molecule has 0 aromatic carbocycles. The number of carbonyl (C=O) groups excluding carboxylic acids is 3. The van der Waals surface area contributed by atoms with Crippen LogP contribution in [0.5, 0.6) is 0 Å². The van der Waals surface area contributed by atoms with Crippen LogP contribution in [0.2, 0.25) is 0 Å². The van der Waals surface area contributed by atoms with Crippen molar-refractivity contribution in [2.45, 2.75) is 26.7 Å². The summed E-state index contributed by atoms with van der Waals surface area (Å²) < 4.78 is 4.85. The number of amides is 2. The number of hydrogen-bond acceptors (Lipinski definition) is 8. The molecule has 0 fully saturated rings. The van der Waals surface area contributed by atoms with Crippen molar-refractivity contribution in [1.29, 1.82) is 0 Å². The van der Waals surface area contributed by atoms with Gasteiger partial charge in [-0.2, -0.15) is 0 Å². The molecule has 0 unspecified atom stereocenters. The lowest BCUT2D eigenvalue weighted by molar-refractivity contribution is -0.142. The second-order valence-corrected chi connectivity index (χ2v) is 6.39. The van der Waals surface area contributed by atoms with E-state index in [4.69, 9.17) is 4.74 Å². The molecule has 0 atom stereocenters. The largest absolute Gasteiger partial charge is 0.466 e. The molecule has 128 valence electrons. The van der Waals surface area contributed by atoms with Crippen LogP contribution in [0.1, 0.15) is 25.2 Å². The van der Waals surface area contributed by atoms with Gasteiger partial charge in [-0.1, -0.05) is 0 Å². The van der Waals surface area contributed by atoms with Crippen LogP contribution in [-0.2, 0) is 32.0 Å². The smallest absolute Gasteiger partial charge is 0.311 e. The highest BCUT2D eigenvalue weighted by atomic mass is 32.1. The van der Waals surface area contributed by atoms with Crippen LogP contribution in [0.15, 0.2) is 10.8 Å². The fourth-order valence-electron chi connectivity index (χ4n) is 1.73. The van der Waals surface area contributed by atoms with Crippen molar-refractivity contribution in [3.63, 3.8) is 0 Å². The summed E-state index contributed by atoms with van der Waals surface area (Å²) in [5.74, 6) is -0.836. The van der Waals surface area contributed by atoms with Crippen LogP contribution in [-0.4, -0.2) is 34.4 Å². The Morgan fingerprint density at radius 1 is 1.04 bits per heavy atom. The molecule has 0 spiro atoms. The van der Waals surface area contributed by atoms with Gasteiger partial charge in [0.1, 0.15) is 0 Å². The van der Waals surface area contributed by atoms with E-state index in [1.807, 2.05) is 0 Å². The number of thiazole rings is 2. The molecule has 2 aromatic rings. The molecular formula is C14H16N4O4S2. The summed E-state index contributed by atoms with van der Waals surface area (Å²) in [5.41, 5.74) is 1.11. The highest BCUT2D eigenvalue weighted by Gasteiger charge is 2.12. The Labute approximate surface area is 146 Å². The van der Waals surface area contributed by atoms with Crippen LogP contribution < -0.4 is 10.6 Å². The lowest BCUT2D eigenvalue weighted by atomic mass is 10.3. The molecule has 0 aliphatic carbocycles. The van der Waals surface area contributed by atoms with Gasteiger partial charge in [0.25, 0.3) is 0 Å². The third-order valence-corrected chi connectivity index (χ3v) is 4.22. The molecule has 2 aromatic heterocycles. The number of rotatable bonds is 7. The molecule has 8 nitrogen and oxygen atoms in total. The van der Waals surface area contributed by atoms with Gasteiger partial charge in [0.2, 0.25) is 11.8 Å². The molecule has 10 heteroatoms. The molecule has 2 heterocycles. The number of esters is 1. The fraction of sp³-hybridized carbons (Fsp3) is 0.357. The van der Waals surface area contributed by atoms with Crippen LogP contribution >= 0.6 is 22.7 Å². The Morgan fingerprint density at radius 3 is 2.21 bits per heavy atom. The number of hydrogen-bond donors (Lipinski definition) is 2. The van der Waals surface area contributed by atoms with Gasteiger partial charge >= 0.3 is 5.97 Å². The van der Waals surface area contributed by atoms with Crippen molar-refractivity contribution in [2.24, 2.45) is 0 Å². The molecule has 0 saturated heterocycles. The minimum atomic E-state index is -0.353. The molecular weight excluding hydrogens is 352 g/mol. The van der Waals surface area contributed by atoms with Crippen molar-refractivity contribution in [3.05, 3.63) is 22.1 Å². The van der Waals surface area contributed by atoms with Gasteiger partial charge in [-0.15, -0.1) is 22.7 Å². The molecule has 2 amide bonds. The predicted molar refractivity (Wildman–Crippen MR) is 91.2 cm³/mol. The van der Waals surface area contributed by atoms with Crippen molar-refractivity contribution < 1.29 is 19.1 Å². The van der Waals surface area contributed by atoms with Crippen LogP contribution in [0.4, 0.5) is 10.3 Å². The molecule has 0 saturated carbocycles. The van der Waals surface area contributed by atoms with Crippen LogP contribution in [0.25, 0.3) is 0 Å². The number of ether oxygens (including phenoxy) is 1. The number of nitrogens with zero attached hydrogens (tertiary/aromatic N) is 2. The van der Waals surface area contributed by atoms with Crippen LogP contribution in [0.3, 0.4) is 0 Å². The number of anilines is 2. The number of aromatic nitrogens is 2. The zero-order valence-electron chi connectivity index (χ0n) is 13.1. The Kier molecular flexibility index (Phi) is 6.38. The minimum absolute atomic E-state index is 0.0723. The normalized spacial score (nSPS) is 10.2. The first-order valence-electron chi connectivity index (χ1n) is 7.08. The van der Waals surface area contributed by atoms with Gasteiger partial charge in [-0.05, 0) is 6.92 Å². The van der Waals surface area contributed by atoms with E-state index in [9.17, 15) is 14.4 Å². The molecule has 0 aliphatic rings. The van der Waals surface area contributed by atoms with E-state index in [2.05, 4.69) is 20.6 Å². The standard InChI is InChI=1S/C14H16N4O4S2/c1-3-22-12(21)5-10-7-24-14(17-10)18-11(20)4-9-6-23-13(16-9)15-8(2)19/h6-7H,3-5H2,1-2H3,(H,15,16,19)(H,17,18,20). The van der Waals surface area contributed by atoms with E-state index in [1.54, 1.807) is 17.7 Å². The van der Waals surface area contributed by atoms with Gasteiger partial charge < -0.3 is 15.4 Å². The van der Waals surface area contributed by atoms with E-state index >= 15 is 0 Å². The summed E-state index contributed by atoms with van der Waals surface area (Å²) >= 11 is 2.49. The lowest BCUT2D eigenvalue weighted by Crippen LogP contribution is -2.15. The molecule has 0 radical (unpaired) electrons. The Bertz CT molecular complexity index is 741. The van der Waals surface area contributed by atoms with Gasteiger partial charge in [0, 0.05) is 17.7 Å². The second kappa shape index (κ2) is 8.50. The van der Waals surface area contributed by atoms with Crippen molar-refractivity contribution >= 4 is 50.7 Å². The number of carbonyl (C=O) groups is 3. The molecule has 0 aliphatic heterocycles. The average Bonchev–Trinajstić information content (AvgIpc) is 3.08. The van der Waals surface area contributed by atoms with E-state index < -0.39 is 0 Å². The third-order valence-electron chi connectivity index (χ3n) is 2.61. The molecule has 2 rings (SSSR count). The highest BCUT2D eigenvalue weighted by Crippen LogP contribution is 2.18. The maximum Gasteiger partial charge on any atom is 0.311 e. The summed E-state index contributed by atoms with van der Waals surface area (Å²) in [7, 11) is 0. The van der Waals surface area contributed by atoms with Crippen molar-refractivity contribution in [2.75, 3.05) is 17.2 Å². The van der Waals surface area contributed by atoms with E-state index in [-0.39, 0.29) is 30.6 Å². The van der Waals surface area contributed by atoms with Gasteiger partial charge in [0.15, 0.2) is 10.3 Å². The fourth-order valence-corrected chi connectivity index (χ4v) is 3.21.